The predicted molar refractivity (Wildman–Crippen MR) is 129 cm³/mol. The van der Waals surface area contributed by atoms with Gasteiger partial charge in [-0.05, 0) is 25.1 Å². The van der Waals surface area contributed by atoms with Crippen LogP contribution in [0, 0.1) is 6.92 Å². The first-order valence-electron chi connectivity index (χ1n) is 10.6. The number of benzene rings is 1. The van der Waals surface area contributed by atoms with Crippen LogP contribution in [0.15, 0.2) is 53.6 Å². The monoisotopic (exact) mass is 491 g/mol. The lowest BCUT2D eigenvalue weighted by atomic mass is 10.1. The third-order valence-corrected chi connectivity index (χ3v) is 7.40. The second kappa shape index (κ2) is 7.93. The SMILES string of the molecule is Cc1c(C(=O)N2CCc3nc(-c4ccccc4Cl)sc3C2)cnn1-c1nn2cccc2c(=O)[nH]1. The van der Waals surface area contributed by atoms with Gasteiger partial charge in [-0.15, -0.1) is 16.4 Å². The van der Waals surface area contributed by atoms with E-state index in [1.165, 1.54) is 15.4 Å². The lowest BCUT2D eigenvalue weighted by Crippen LogP contribution is -2.35. The molecule has 9 nitrogen and oxygen atoms in total. The van der Waals surface area contributed by atoms with Crippen LogP contribution in [0.3, 0.4) is 0 Å². The van der Waals surface area contributed by atoms with Crippen molar-refractivity contribution in [2.75, 3.05) is 6.54 Å². The van der Waals surface area contributed by atoms with Crippen LogP contribution in [0.2, 0.25) is 5.02 Å². The fourth-order valence-corrected chi connectivity index (χ4v) is 5.59. The highest BCUT2D eigenvalue weighted by atomic mass is 35.5. The number of nitrogens with one attached hydrogen (secondary N) is 1. The van der Waals surface area contributed by atoms with Crippen LogP contribution in [-0.4, -0.2) is 46.7 Å². The molecule has 1 aromatic carbocycles. The molecular weight excluding hydrogens is 474 g/mol. The molecule has 0 unspecified atom stereocenters. The molecule has 0 saturated heterocycles. The molecule has 4 aromatic heterocycles. The van der Waals surface area contributed by atoms with E-state index in [4.69, 9.17) is 16.6 Å². The van der Waals surface area contributed by atoms with Crippen LogP contribution >= 0.6 is 22.9 Å². The van der Waals surface area contributed by atoms with E-state index in [9.17, 15) is 9.59 Å². The summed E-state index contributed by atoms with van der Waals surface area (Å²) in [6.07, 6.45) is 3.89. The van der Waals surface area contributed by atoms with Gasteiger partial charge in [0.15, 0.2) is 0 Å². The summed E-state index contributed by atoms with van der Waals surface area (Å²) in [5.74, 6) is 0.129. The maximum absolute atomic E-state index is 13.4. The number of thiazole rings is 1. The van der Waals surface area contributed by atoms with Crippen molar-refractivity contribution in [1.82, 2.24) is 34.3 Å². The highest BCUT2D eigenvalue weighted by Crippen LogP contribution is 2.35. The largest absolute Gasteiger partial charge is 0.333 e. The molecule has 34 heavy (non-hydrogen) atoms. The molecule has 5 heterocycles. The molecule has 5 aromatic rings. The number of carbonyl (C=O) groups excluding carboxylic acids is 1. The molecule has 0 fully saturated rings. The number of nitrogens with zero attached hydrogens (tertiary/aromatic N) is 6. The molecule has 1 aliphatic heterocycles. The molecule has 0 atom stereocenters. The van der Waals surface area contributed by atoms with Gasteiger partial charge < -0.3 is 4.90 Å². The zero-order valence-electron chi connectivity index (χ0n) is 18.0. The second-order valence-corrected chi connectivity index (χ2v) is 9.51. The fraction of sp³-hybridized carbons (Fsp3) is 0.174. The van der Waals surface area contributed by atoms with Crippen molar-refractivity contribution < 1.29 is 4.79 Å². The Hall–Kier alpha value is -3.76. The normalized spacial score (nSPS) is 13.4. The summed E-state index contributed by atoms with van der Waals surface area (Å²) in [6, 6.07) is 11.1. The molecule has 0 radical (unpaired) electrons. The molecule has 0 spiro atoms. The highest BCUT2D eigenvalue weighted by molar-refractivity contribution is 7.15. The van der Waals surface area contributed by atoms with Gasteiger partial charge in [0, 0.05) is 29.6 Å². The minimum Gasteiger partial charge on any atom is -0.333 e. The minimum atomic E-state index is -0.277. The summed E-state index contributed by atoms with van der Waals surface area (Å²) < 4.78 is 2.97. The summed E-state index contributed by atoms with van der Waals surface area (Å²) in [5, 5.41) is 10.3. The summed E-state index contributed by atoms with van der Waals surface area (Å²) in [6.45, 7) is 2.83. The van der Waals surface area contributed by atoms with Crippen molar-refractivity contribution in [1.29, 1.82) is 0 Å². The minimum absolute atomic E-state index is 0.119. The van der Waals surface area contributed by atoms with Gasteiger partial charge in [-0.1, -0.05) is 29.8 Å². The number of amides is 1. The number of fused-ring (bicyclic) bond motifs is 2. The molecule has 0 bridgehead atoms. The van der Waals surface area contributed by atoms with Crippen molar-refractivity contribution in [2.24, 2.45) is 0 Å². The number of aromatic nitrogens is 6. The third kappa shape index (κ3) is 3.34. The first-order chi connectivity index (χ1) is 16.5. The molecule has 1 aliphatic rings. The maximum atomic E-state index is 13.4. The van der Waals surface area contributed by atoms with E-state index in [2.05, 4.69) is 15.2 Å². The first-order valence-corrected chi connectivity index (χ1v) is 11.8. The Morgan fingerprint density at radius 3 is 2.91 bits per heavy atom. The Labute approximate surface area is 202 Å². The Kier molecular flexibility index (Phi) is 4.85. The Morgan fingerprint density at radius 2 is 2.06 bits per heavy atom. The number of H-pyrrole nitrogens is 1. The fourth-order valence-electron chi connectivity index (χ4n) is 4.15. The van der Waals surface area contributed by atoms with E-state index in [0.29, 0.717) is 41.3 Å². The third-order valence-electron chi connectivity index (χ3n) is 5.95. The lowest BCUT2D eigenvalue weighted by Gasteiger charge is -2.26. The maximum Gasteiger partial charge on any atom is 0.276 e. The van der Waals surface area contributed by atoms with Crippen molar-refractivity contribution in [3.63, 3.8) is 0 Å². The summed E-state index contributed by atoms with van der Waals surface area (Å²) >= 11 is 7.92. The number of rotatable bonds is 3. The van der Waals surface area contributed by atoms with E-state index in [1.54, 1.807) is 41.5 Å². The Bertz CT molecular complexity index is 1630. The Balaban J connectivity index is 1.28. The van der Waals surface area contributed by atoms with Crippen LogP contribution in [0.5, 0.6) is 0 Å². The van der Waals surface area contributed by atoms with E-state index < -0.39 is 0 Å². The molecule has 1 N–H and O–H groups in total. The summed E-state index contributed by atoms with van der Waals surface area (Å²) in [4.78, 5) is 36.1. The van der Waals surface area contributed by atoms with Gasteiger partial charge in [-0.2, -0.15) is 5.10 Å². The van der Waals surface area contributed by atoms with Crippen molar-refractivity contribution >= 4 is 34.4 Å². The van der Waals surface area contributed by atoms with Gasteiger partial charge in [0.2, 0.25) is 5.95 Å². The van der Waals surface area contributed by atoms with E-state index >= 15 is 0 Å². The highest BCUT2D eigenvalue weighted by Gasteiger charge is 2.28. The van der Waals surface area contributed by atoms with Gasteiger partial charge in [0.1, 0.15) is 10.5 Å². The smallest absolute Gasteiger partial charge is 0.276 e. The number of hydrogen-bond acceptors (Lipinski definition) is 6. The number of halogens is 1. The van der Waals surface area contributed by atoms with Gasteiger partial charge in [0.25, 0.3) is 11.5 Å². The van der Waals surface area contributed by atoms with Crippen LogP contribution in [0.25, 0.3) is 22.0 Å². The number of aromatic amines is 1. The van der Waals surface area contributed by atoms with Crippen LogP contribution < -0.4 is 5.56 Å². The van der Waals surface area contributed by atoms with Gasteiger partial charge in [0.05, 0.1) is 34.7 Å². The predicted octanol–water partition coefficient (Wildman–Crippen LogP) is 3.49. The topological polar surface area (TPSA) is 101 Å². The van der Waals surface area contributed by atoms with Crippen LogP contribution in [-0.2, 0) is 13.0 Å². The summed E-state index contributed by atoms with van der Waals surface area (Å²) in [5.41, 5.74) is 3.15. The average Bonchev–Trinajstić information content (AvgIpc) is 3.56. The molecule has 1 amide bonds. The van der Waals surface area contributed by atoms with Crippen molar-refractivity contribution in [3.05, 3.63) is 86.0 Å². The lowest BCUT2D eigenvalue weighted by molar-refractivity contribution is 0.0735. The molecule has 6 rings (SSSR count). The van der Waals surface area contributed by atoms with Gasteiger partial charge in [-0.3, -0.25) is 14.6 Å². The molecular formula is C23H18ClN7O2S. The second-order valence-electron chi connectivity index (χ2n) is 8.02. The summed E-state index contributed by atoms with van der Waals surface area (Å²) in [7, 11) is 0. The first kappa shape index (κ1) is 20.8. The number of hydrogen-bond donors (Lipinski definition) is 1. The van der Waals surface area contributed by atoms with E-state index in [-0.39, 0.29) is 17.4 Å². The van der Waals surface area contributed by atoms with Crippen molar-refractivity contribution in [3.8, 4) is 16.5 Å². The molecule has 170 valence electrons. The molecule has 0 saturated carbocycles. The van der Waals surface area contributed by atoms with E-state index in [0.717, 1.165) is 21.1 Å². The van der Waals surface area contributed by atoms with Crippen LogP contribution in [0.4, 0.5) is 0 Å². The quantitative estimate of drug-likeness (QED) is 0.416. The average molecular weight is 492 g/mol. The molecule has 11 heteroatoms. The van der Waals surface area contributed by atoms with Gasteiger partial charge >= 0.3 is 0 Å². The zero-order valence-corrected chi connectivity index (χ0v) is 19.6. The zero-order chi connectivity index (χ0) is 23.4. The van der Waals surface area contributed by atoms with E-state index in [1.807, 2.05) is 24.3 Å². The van der Waals surface area contributed by atoms with Crippen LogP contribution in [0.1, 0.15) is 26.6 Å². The molecule has 0 aliphatic carbocycles. The van der Waals surface area contributed by atoms with Gasteiger partial charge in [-0.25, -0.2) is 14.2 Å². The van der Waals surface area contributed by atoms with Crippen molar-refractivity contribution in [2.45, 2.75) is 19.9 Å². The standard InChI is InChI=1S/C23H18ClN7O2S/c1-13-15(11-25-31(13)23-27-20(32)18-7-4-9-30(18)28-23)22(33)29-10-8-17-19(12-29)34-21(26-17)14-5-2-3-6-16(14)24/h2-7,9,11H,8,10,12H2,1H3,(H,27,28,32). The Morgan fingerprint density at radius 1 is 1.21 bits per heavy atom. The number of carbonyl (C=O) groups is 1.